The molecule has 5 rings (SSSR count). The SMILES string of the molecule is C[C@@H](c1ccc2scnc2c1)N1CCC2(CC1)CN(Cc1cncnc1)C(=O)N2. The molecule has 1 atom stereocenters. The Morgan fingerprint density at radius 3 is 2.83 bits per heavy atom. The van der Waals surface area contributed by atoms with Crippen molar-refractivity contribution in [1.29, 1.82) is 0 Å². The molecule has 0 radical (unpaired) electrons. The Kier molecular flexibility index (Phi) is 4.67. The molecule has 1 N–H and O–H groups in total. The van der Waals surface area contributed by atoms with Gasteiger partial charge in [-0.15, -0.1) is 11.3 Å². The van der Waals surface area contributed by atoms with E-state index in [4.69, 9.17) is 0 Å². The van der Waals surface area contributed by atoms with Crippen LogP contribution in [0.2, 0.25) is 0 Å². The fraction of sp³-hybridized carbons (Fsp3) is 0.429. The predicted octanol–water partition coefficient (Wildman–Crippen LogP) is 3.21. The minimum Gasteiger partial charge on any atom is -0.331 e. The van der Waals surface area contributed by atoms with Crippen LogP contribution in [0.4, 0.5) is 4.79 Å². The monoisotopic (exact) mass is 408 g/mol. The molecule has 2 amide bonds. The van der Waals surface area contributed by atoms with Gasteiger partial charge in [0.05, 0.1) is 27.8 Å². The van der Waals surface area contributed by atoms with Crippen LogP contribution in [0.15, 0.2) is 42.4 Å². The van der Waals surface area contributed by atoms with Crippen LogP contribution in [0, 0.1) is 0 Å². The molecule has 1 spiro atoms. The van der Waals surface area contributed by atoms with Crippen molar-refractivity contribution < 1.29 is 4.79 Å². The van der Waals surface area contributed by atoms with E-state index in [-0.39, 0.29) is 11.6 Å². The normalized spacial score (nSPS) is 20.3. The number of rotatable bonds is 4. The highest BCUT2D eigenvalue weighted by Crippen LogP contribution is 2.33. The number of piperidine rings is 1. The third kappa shape index (κ3) is 3.58. The standard InChI is InChI=1S/C21H24N6OS/c1-15(17-2-3-19-18(8-17)24-14-29-19)26-6-4-21(5-7-26)12-27(20(28)25-21)11-16-9-22-13-23-10-16/h2-3,8-10,13-15H,4-7,11-12H2,1H3,(H,25,28)/t15-/m0/s1. The molecule has 8 heteroatoms. The summed E-state index contributed by atoms with van der Waals surface area (Å²) in [7, 11) is 0. The van der Waals surface area contributed by atoms with Crippen LogP contribution in [0.25, 0.3) is 10.2 Å². The summed E-state index contributed by atoms with van der Waals surface area (Å²) < 4.78 is 1.23. The number of carbonyl (C=O) groups excluding carboxylic acids is 1. The Hall–Kier alpha value is -2.58. The lowest BCUT2D eigenvalue weighted by atomic mass is 9.87. The van der Waals surface area contributed by atoms with E-state index in [0.29, 0.717) is 12.6 Å². The summed E-state index contributed by atoms with van der Waals surface area (Å²) in [6, 6.07) is 6.96. The summed E-state index contributed by atoms with van der Waals surface area (Å²) in [6.07, 6.45) is 6.98. The van der Waals surface area contributed by atoms with E-state index in [1.54, 1.807) is 23.7 Å². The zero-order valence-corrected chi connectivity index (χ0v) is 17.2. The maximum atomic E-state index is 12.5. The highest BCUT2D eigenvalue weighted by Gasteiger charge is 2.44. The lowest BCUT2D eigenvalue weighted by Crippen LogP contribution is -2.52. The zero-order valence-electron chi connectivity index (χ0n) is 16.4. The first-order valence-corrected chi connectivity index (χ1v) is 10.9. The van der Waals surface area contributed by atoms with Crippen molar-refractivity contribution in [3.63, 3.8) is 0 Å². The lowest BCUT2D eigenvalue weighted by molar-refractivity contribution is 0.115. The van der Waals surface area contributed by atoms with Crippen LogP contribution < -0.4 is 5.32 Å². The Morgan fingerprint density at radius 2 is 2.03 bits per heavy atom. The largest absolute Gasteiger partial charge is 0.331 e. The Morgan fingerprint density at radius 1 is 1.24 bits per heavy atom. The number of amides is 2. The second kappa shape index (κ2) is 7.35. The highest BCUT2D eigenvalue weighted by molar-refractivity contribution is 7.16. The van der Waals surface area contributed by atoms with E-state index in [0.717, 1.165) is 43.6 Å². The van der Waals surface area contributed by atoms with Crippen molar-refractivity contribution in [1.82, 2.24) is 30.1 Å². The minimum atomic E-state index is -0.123. The number of thiazole rings is 1. The maximum Gasteiger partial charge on any atom is 0.318 e. The quantitative estimate of drug-likeness (QED) is 0.718. The van der Waals surface area contributed by atoms with Gasteiger partial charge in [-0.3, -0.25) is 4.90 Å². The van der Waals surface area contributed by atoms with E-state index in [2.05, 4.69) is 50.3 Å². The molecule has 7 nitrogen and oxygen atoms in total. The van der Waals surface area contributed by atoms with E-state index in [1.807, 2.05) is 10.4 Å². The molecule has 29 heavy (non-hydrogen) atoms. The molecular weight excluding hydrogens is 384 g/mol. The van der Waals surface area contributed by atoms with Gasteiger partial charge in [-0.1, -0.05) is 6.07 Å². The van der Waals surface area contributed by atoms with Crippen molar-refractivity contribution in [3.05, 3.63) is 53.6 Å². The summed E-state index contributed by atoms with van der Waals surface area (Å²) in [6.45, 7) is 5.51. The molecule has 2 aliphatic heterocycles. The first kappa shape index (κ1) is 18.4. The van der Waals surface area contributed by atoms with Crippen LogP contribution in [-0.4, -0.2) is 56.0 Å². The number of nitrogens with zero attached hydrogens (tertiary/aromatic N) is 5. The smallest absolute Gasteiger partial charge is 0.318 e. The van der Waals surface area contributed by atoms with Gasteiger partial charge in [0, 0.05) is 43.6 Å². The maximum absolute atomic E-state index is 12.5. The predicted molar refractivity (Wildman–Crippen MR) is 113 cm³/mol. The Balaban J connectivity index is 1.23. The Labute approximate surface area is 173 Å². The van der Waals surface area contributed by atoms with Gasteiger partial charge >= 0.3 is 6.03 Å². The third-order valence-electron chi connectivity index (χ3n) is 6.28. The van der Waals surface area contributed by atoms with Gasteiger partial charge in [-0.05, 0) is 37.5 Å². The average Bonchev–Trinajstić information content (AvgIpc) is 3.33. The van der Waals surface area contributed by atoms with Crippen LogP contribution in [0.3, 0.4) is 0 Å². The number of likely N-dealkylation sites (tertiary alicyclic amines) is 1. The van der Waals surface area contributed by atoms with Crippen molar-refractivity contribution in [2.45, 2.75) is 37.9 Å². The van der Waals surface area contributed by atoms with Crippen LogP contribution >= 0.6 is 11.3 Å². The molecule has 0 aliphatic carbocycles. The first-order chi connectivity index (χ1) is 14.1. The van der Waals surface area contributed by atoms with Crippen molar-refractivity contribution in [2.24, 2.45) is 0 Å². The van der Waals surface area contributed by atoms with Crippen LogP contribution in [0.1, 0.15) is 36.9 Å². The number of benzene rings is 1. The van der Waals surface area contributed by atoms with E-state index in [9.17, 15) is 4.79 Å². The number of carbonyl (C=O) groups is 1. The fourth-order valence-electron chi connectivity index (χ4n) is 4.51. The van der Waals surface area contributed by atoms with E-state index in [1.165, 1.54) is 16.6 Å². The lowest BCUT2D eigenvalue weighted by Gasteiger charge is -2.41. The molecule has 2 aliphatic rings. The molecular formula is C21H24N6OS. The molecule has 1 aromatic carbocycles. The van der Waals surface area contributed by atoms with E-state index < -0.39 is 0 Å². The number of aromatic nitrogens is 3. The van der Waals surface area contributed by atoms with Crippen molar-refractivity contribution >= 4 is 27.6 Å². The summed E-state index contributed by atoms with van der Waals surface area (Å²) in [5.74, 6) is 0. The van der Waals surface area contributed by atoms with E-state index >= 15 is 0 Å². The number of urea groups is 1. The molecule has 0 saturated carbocycles. The second-order valence-corrected chi connectivity index (χ2v) is 8.99. The topological polar surface area (TPSA) is 74.2 Å². The fourth-order valence-corrected chi connectivity index (χ4v) is 5.17. The van der Waals surface area contributed by atoms with Crippen molar-refractivity contribution in [3.8, 4) is 0 Å². The molecule has 0 unspecified atom stereocenters. The van der Waals surface area contributed by atoms with Gasteiger partial charge in [0.1, 0.15) is 6.33 Å². The molecule has 2 fully saturated rings. The summed E-state index contributed by atoms with van der Waals surface area (Å²) in [5.41, 5.74) is 5.13. The highest BCUT2D eigenvalue weighted by atomic mass is 32.1. The zero-order chi connectivity index (χ0) is 19.8. The molecule has 150 valence electrons. The Bertz CT molecular complexity index is 1010. The van der Waals surface area contributed by atoms with Gasteiger partial charge in [-0.25, -0.2) is 19.7 Å². The number of nitrogens with one attached hydrogen (secondary N) is 1. The van der Waals surface area contributed by atoms with Gasteiger partial charge in [0.25, 0.3) is 0 Å². The third-order valence-corrected chi connectivity index (χ3v) is 7.09. The number of hydrogen-bond acceptors (Lipinski definition) is 6. The van der Waals surface area contributed by atoms with Gasteiger partial charge in [0.15, 0.2) is 0 Å². The summed E-state index contributed by atoms with van der Waals surface area (Å²) >= 11 is 1.68. The van der Waals surface area contributed by atoms with Gasteiger partial charge in [0.2, 0.25) is 0 Å². The first-order valence-electron chi connectivity index (χ1n) is 10.0. The van der Waals surface area contributed by atoms with Crippen LogP contribution in [-0.2, 0) is 6.54 Å². The molecule has 4 heterocycles. The van der Waals surface area contributed by atoms with Gasteiger partial charge < -0.3 is 10.2 Å². The molecule has 2 aromatic heterocycles. The second-order valence-electron chi connectivity index (χ2n) is 8.10. The molecule has 0 bridgehead atoms. The number of hydrogen-bond donors (Lipinski definition) is 1. The molecule has 3 aromatic rings. The van der Waals surface area contributed by atoms with Crippen LogP contribution in [0.5, 0.6) is 0 Å². The number of fused-ring (bicyclic) bond motifs is 1. The molecule has 2 saturated heterocycles. The summed E-state index contributed by atoms with van der Waals surface area (Å²) in [5, 5.41) is 3.27. The minimum absolute atomic E-state index is 0.0179. The summed E-state index contributed by atoms with van der Waals surface area (Å²) in [4.78, 5) is 29.5. The average molecular weight is 409 g/mol. The van der Waals surface area contributed by atoms with Gasteiger partial charge in [-0.2, -0.15) is 0 Å². The van der Waals surface area contributed by atoms with Crippen molar-refractivity contribution in [2.75, 3.05) is 19.6 Å².